The number of nitrogens with one attached hydrogen (secondary N) is 1. The zero-order valence-corrected chi connectivity index (χ0v) is 12.6. The zero-order valence-electron chi connectivity index (χ0n) is 12.6. The van der Waals surface area contributed by atoms with E-state index in [2.05, 4.69) is 5.32 Å². The molecule has 2 aliphatic rings. The van der Waals surface area contributed by atoms with Gasteiger partial charge in [0, 0.05) is 31.7 Å². The summed E-state index contributed by atoms with van der Waals surface area (Å²) in [5.74, 6) is 0.611. The van der Waals surface area contributed by atoms with Gasteiger partial charge >= 0.3 is 0 Å². The van der Waals surface area contributed by atoms with Gasteiger partial charge in [0.1, 0.15) is 17.7 Å². The lowest BCUT2D eigenvalue weighted by Crippen LogP contribution is -2.30. The molecule has 2 fully saturated rings. The van der Waals surface area contributed by atoms with Crippen LogP contribution >= 0.6 is 0 Å². The number of hydrogen-bond donors (Lipinski definition) is 1. The molecule has 2 unspecified atom stereocenters. The highest BCUT2D eigenvalue weighted by molar-refractivity contribution is 5.34. The maximum Gasteiger partial charge on any atom is 0.124 e. The average Bonchev–Trinajstić information content (AvgIpc) is 3.32. The predicted octanol–water partition coefficient (Wildman–Crippen LogP) is 3.41. The van der Waals surface area contributed by atoms with Crippen molar-refractivity contribution in [2.75, 3.05) is 7.11 Å². The van der Waals surface area contributed by atoms with Crippen molar-refractivity contribution in [3.05, 3.63) is 29.6 Å². The molecule has 4 heteroatoms. The fourth-order valence-corrected chi connectivity index (χ4v) is 2.95. The lowest BCUT2D eigenvalue weighted by molar-refractivity contribution is 0.0206. The second-order valence-electron chi connectivity index (χ2n) is 6.17. The minimum absolute atomic E-state index is 0.175. The second-order valence-corrected chi connectivity index (χ2v) is 6.17. The van der Waals surface area contributed by atoms with Gasteiger partial charge in [0.15, 0.2) is 0 Å². The van der Waals surface area contributed by atoms with Crippen molar-refractivity contribution in [3.8, 4) is 5.75 Å². The molecule has 2 aliphatic carbocycles. The molecule has 3 nitrogen and oxygen atoms in total. The molecule has 3 rings (SSSR count). The normalized spacial score (nSPS) is 25.8. The summed E-state index contributed by atoms with van der Waals surface area (Å²) >= 11 is 0. The summed E-state index contributed by atoms with van der Waals surface area (Å²) in [6, 6.07) is 5.43. The molecular weight excluding hydrogens is 269 g/mol. The summed E-state index contributed by atoms with van der Waals surface area (Å²) in [6.45, 7) is 0.679. The van der Waals surface area contributed by atoms with Gasteiger partial charge in [0.2, 0.25) is 0 Å². The molecule has 116 valence electrons. The average molecular weight is 293 g/mol. The minimum Gasteiger partial charge on any atom is -0.490 e. The highest BCUT2D eigenvalue weighted by atomic mass is 19.1. The van der Waals surface area contributed by atoms with Crippen molar-refractivity contribution < 1.29 is 13.9 Å². The topological polar surface area (TPSA) is 30.5 Å². The predicted molar refractivity (Wildman–Crippen MR) is 79.9 cm³/mol. The van der Waals surface area contributed by atoms with E-state index < -0.39 is 0 Å². The van der Waals surface area contributed by atoms with Gasteiger partial charge in [-0.05, 0) is 50.3 Å². The van der Waals surface area contributed by atoms with Gasteiger partial charge in [0.25, 0.3) is 0 Å². The third kappa shape index (κ3) is 4.17. The van der Waals surface area contributed by atoms with Crippen molar-refractivity contribution in [2.24, 2.45) is 0 Å². The Bertz CT molecular complexity index is 476. The first-order chi connectivity index (χ1) is 10.2. The monoisotopic (exact) mass is 293 g/mol. The molecule has 1 aromatic carbocycles. The summed E-state index contributed by atoms with van der Waals surface area (Å²) < 4.78 is 25.1. The van der Waals surface area contributed by atoms with E-state index in [-0.39, 0.29) is 18.0 Å². The third-order valence-electron chi connectivity index (χ3n) is 4.39. The molecule has 1 aromatic rings. The molecule has 21 heavy (non-hydrogen) atoms. The SMILES string of the molecule is COC1CCCC(Oc2ccc(F)cc2CNC2CC2)C1. The molecule has 0 radical (unpaired) electrons. The van der Waals surface area contributed by atoms with Crippen LogP contribution in [-0.4, -0.2) is 25.4 Å². The highest BCUT2D eigenvalue weighted by Crippen LogP contribution is 2.28. The summed E-state index contributed by atoms with van der Waals surface area (Å²) in [7, 11) is 1.76. The molecule has 0 amide bonds. The van der Waals surface area contributed by atoms with E-state index in [9.17, 15) is 4.39 Å². The smallest absolute Gasteiger partial charge is 0.124 e. The van der Waals surface area contributed by atoms with Crippen molar-refractivity contribution in [2.45, 2.75) is 63.3 Å². The molecule has 0 aliphatic heterocycles. The van der Waals surface area contributed by atoms with Gasteiger partial charge < -0.3 is 14.8 Å². The molecule has 0 bridgehead atoms. The van der Waals surface area contributed by atoms with E-state index >= 15 is 0 Å². The van der Waals surface area contributed by atoms with Gasteiger partial charge in [0.05, 0.1) is 6.10 Å². The molecule has 0 spiro atoms. The van der Waals surface area contributed by atoms with Gasteiger partial charge in [-0.1, -0.05) is 0 Å². The third-order valence-corrected chi connectivity index (χ3v) is 4.39. The van der Waals surface area contributed by atoms with Crippen LogP contribution in [0.1, 0.15) is 44.1 Å². The fraction of sp³-hybridized carbons (Fsp3) is 0.647. The van der Waals surface area contributed by atoms with Crippen molar-refractivity contribution in [1.82, 2.24) is 5.32 Å². The first-order valence-corrected chi connectivity index (χ1v) is 7.96. The number of rotatable bonds is 6. The Morgan fingerprint density at radius 1 is 1.19 bits per heavy atom. The maximum absolute atomic E-state index is 13.5. The Hall–Kier alpha value is -1.13. The summed E-state index contributed by atoms with van der Waals surface area (Å²) in [4.78, 5) is 0. The first-order valence-electron chi connectivity index (χ1n) is 7.96. The minimum atomic E-state index is -0.201. The van der Waals surface area contributed by atoms with E-state index in [0.29, 0.717) is 12.6 Å². The summed E-state index contributed by atoms with van der Waals surface area (Å²) in [5.41, 5.74) is 0.918. The molecule has 1 N–H and O–H groups in total. The molecule has 0 heterocycles. The van der Waals surface area contributed by atoms with Gasteiger partial charge in [-0.25, -0.2) is 4.39 Å². The van der Waals surface area contributed by atoms with Crippen molar-refractivity contribution in [3.63, 3.8) is 0 Å². The fourth-order valence-electron chi connectivity index (χ4n) is 2.95. The van der Waals surface area contributed by atoms with Crippen LogP contribution in [0.3, 0.4) is 0 Å². The number of hydrogen-bond acceptors (Lipinski definition) is 3. The molecule has 2 atom stereocenters. The lowest BCUT2D eigenvalue weighted by Gasteiger charge is -2.29. The molecule has 2 saturated carbocycles. The highest BCUT2D eigenvalue weighted by Gasteiger charge is 2.24. The van der Waals surface area contributed by atoms with Crippen LogP contribution in [0.2, 0.25) is 0 Å². The van der Waals surface area contributed by atoms with E-state index in [1.165, 1.54) is 18.9 Å². The largest absolute Gasteiger partial charge is 0.490 e. The number of methoxy groups -OCH3 is 1. The quantitative estimate of drug-likeness (QED) is 0.872. The molecule has 0 aromatic heterocycles. The number of ether oxygens (including phenoxy) is 2. The van der Waals surface area contributed by atoms with Crippen LogP contribution in [0, 0.1) is 5.82 Å². The van der Waals surface area contributed by atoms with E-state index in [0.717, 1.165) is 37.0 Å². The molecule has 0 saturated heterocycles. The van der Waals surface area contributed by atoms with Crippen LogP contribution in [0.4, 0.5) is 4.39 Å². The Morgan fingerprint density at radius 2 is 2.00 bits per heavy atom. The second kappa shape index (κ2) is 6.75. The Labute approximate surface area is 125 Å². The van der Waals surface area contributed by atoms with Crippen LogP contribution in [0.5, 0.6) is 5.75 Å². The number of halogens is 1. The van der Waals surface area contributed by atoms with Crippen LogP contribution in [0.25, 0.3) is 0 Å². The number of benzene rings is 1. The standard InChI is InChI=1S/C17H24FNO2/c1-20-15-3-2-4-16(10-15)21-17-8-5-13(18)9-12(17)11-19-14-6-7-14/h5,8-9,14-16,19H,2-4,6-7,10-11H2,1H3. The Morgan fingerprint density at radius 3 is 2.76 bits per heavy atom. The van der Waals surface area contributed by atoms with Crippen LogP contribution in [-0.2, 0) is 11.3 Å². The Kier molecular flexibility index (Phi) is 4.76. The maximum atomic E-state index is 13.5. The Balaban J connectivity index is 1.65. The van der Waals surface area contributed by atoms with Gasteiger partial charge in [-0.2, -0.15) is 0 Å². The van der Waals surface area contributed by atoms with Crippen LogP contribution in [0.15, 0.2) is 18.2 Å². The van der Waals surface area contributed by atoms with E-state index in [1.807, 2.05) is 0 Å². The molecular formula is C17H24FNO2. The lowest BCUT2D eigenvalue weighted by atomic mass is 9.95. The van der Waals surface area contributed by atoms with E-state index in [4.69, 9.17) is 9.47 Å². The van der Waals surface area contributed by atoms with Crippen LogP contribution < -0.4 is 10.1 Å². The van der Waals surface area contributed by atoms with Crippen molar-refractivity contribution in [1.29, 1.82) is 0 Å². The van der Waals surface area contributed by atoms with Crippen molar-refractivity contribution >= 4 is 0 Å². The zero-order chi connectivity index (χ0) is 14.7. The van der Waals surface area contributed by atoms with Gasteiger partial charge in [-0.15, -0.1) is 0 Å². The summed E-state index contributed by atoms with van der Waals surface area (Å²) in [5, 5.41) is 3.43. The van der Waals surface area contributed by atoms with E-state index in [1.54, 1.807) is 19.2 Å². The summed E-state index contributed by atoms with van der Waals surface area (Å²) in [6.07, 6.45) is 7.12. The first kappa shape index (κ1) is 14.8. The van der Waals surface area contributed by atoms with Gasteiger partial charge in [-0.3, -0.25) is 0 Å².